The van der Waals surface area contributed by atoms with Crippen LogP contribution in [-0.4, -0.2) is 13.2 Å². The maximum atomic E-state index is 12.8. The molecule has 0 fully saturated rings. The molecule has 0 amide bonds. The second kappa shape index (κ2) is 7.68. The summed E-state index contributed by atoms with van der Waals surface area (Å²) in [6.45, 7) is 5.11. The van der Waals surface area contributed by atoms with E-state index in [1.807, 2.05) is 50.2 Å². The highest BCUT2D eigenvalue weighted by molar-refractivity contribution is 7.95. The molecule has 0 saturated heterocycles. The number of benzene rings is 2. The van der Waals surface area contributed by atoms with Gasteiger partial charge in [-0.3, -0.25) is 4.79 Å². The highest BCUT2D eigenvalue weighted by Crippen LogP contribution is 2.37. The monoisotopic (exact) mass is 364 g/mol. The van der Waals surface area contributed by atoms with Crippen molar-refractivity contribution in [3.8, 4) is 0 Å². The van der Waals surface area contributed by atoms with Gasteiger partial charge < -0.3 is 8.37 Å². The van der Waals surface area contributed by atoms with E-state index in [1.165, 1.54) is 24.1 Å². The molecule has 0 saturated carbocycles. The summed E-state index contributed by atoms with van der Waals surface area (Å²) in [6, 6.07) is 11.7. The average Bonchev–Trinajstić information content (AvgIpc) is 2.58. The van der Waals surface area contributed by atoms with E-state index in [2.05, 4.69) is 0 Å². The topological polar surface area (TPSA) is 35.5 Å². The Bertz CT molecular complexity index is 889. The molecular weight excluding hydrogens is 348 g/mol. The molecule has 0 radical (unpaired) electrons. The summed E-state index contributed by atoms with van der Waals surface area (Å²) < 4.78 is 12.9. The standard InChI is InChI=1S/C17H16O3S3/c1-3-19-22-11-9-13-16(18)12-7-5-6-8-14(12)21-17(13)15(10-11)23-20-4-2/h5-10H,3-4H2,1-2H3. The van der Waals surface area contributed by atoms with E-state index in [9.17, 15) is 4.79 Å². The first kappa shape index (κ1) is 16.8. The van der Waals surface area contributed by atoms with Crippen LogP contribution in [0.25, 0.3) is 20.2 Å². The first-order valence-corrected chi connectivity index (χ1v) is 9.63. The SMILES string of the molecule is CCOSc1cc(SOCC)c2sc3ccccc3c(=O)c2c1. The Morgan fingerprint density at radius 2 is 1.74 bits per heavy atom. The van der Waals surface area contributed by atoms with Gasteiger partial charge in [-0.15, -0.1) is 11.3 Å². The van der Waals surface area contributed by atoms with Crippen molar-refractivity contribution in [2.45, 2.75) is 23.6 Å². The van der Waals surface area contributed by atoms with E-state index >= 15 is 0 Å². The van der Waals surface area contributed by atoms with Crippen molar-refractivity contribution < 1.29 is 8.37 Å². The molecule has 3 aromatic rings. The molecule has 0 aliphatic heterocycles. The van der Waals surface area contributed by atoms with Crippen molar-refractivity contribution in [3.63, 3.8) is 0 Å². The van der Waals surface area contributed by atoms with Gasteiger partial charge in [-0.25, -0.2) is 0 Å². The van der Waals surface area contributed by atoms with E-state index in [1.54, 1.807) is 11.3 Å². The first-order valence-electron chi connectivity index (χ1n) is 7.33. The lowest BCUT2D eigenvalue weighted by atomic mass is 10.2. The Kier molecular flexibility index (Phi) is 5.61. The van der Waals surface area contributed by atoms with E-state index in [4.69, 9.17) is 8.37 Å². The average molecular weight is 365 g/mol. The molecule has 0 aliphatic rings. The first-order chi connectivity index (χ1) is 11.2. The van der Waals surface area contributed by atoms with Gasteiger partial charge in [0.15, 0.2) is 5.43 Å². The molecule has 3 nitrogen and oxygen atoms in total. The fraction of sp³-hybridized carbons (Fsp3) is 0.235. The summed E-state index contributed by atoms with van der Waals surface area (Å²) in [5.74, 6) is 0. The minimum Gasteiger partial charge on any atom is -0.311 e. The van der Waals surface area contributed by atoms with Crippen LogP contribution in [0.2, 0.25) is 0 Å². The van der Waals surface area contributed by atoms with E-state index in [-0.39, 0.29) is 5.43 Å². The molecule has 0 N–H and O–H groups in total. The molecule has 23 heavy (non-hydrogen) atoms. The molecular formula is C17H16O3S3. The van der Waals surface area contributed by atoms with Gasteiger partial charge in [-0.2, -0.15) is 0 Å². The lowest BCUT2D eigenvalue weighted by Crippen LogP contribution is -2.01. The highest BCUT2D eigenvalue weighted by atomic mass is 32.2. The lowest BCUT2D eigenvalue weighted by molar-refractivity contribution is 0.401. The molecule has 120 valence electrons. The number of rotatable bonds is 6. The molecule has 0 aliphatic carbocycles. The normalized spacial score (nSPS) is 11.4. The lowest BCUT2D eigenvalue weighted by Gasteiger charge is -2.09. The van der Waals surface area contributed by atoms with Gasteiger partial charge in [0, 0.05) is 44.5 Å². The minimum absolute atomic E-state index is 0.0617. The van der Waals surface area contributed by atoms with Crippen LogP contribution in [-0.2, 0) is 8.37 Å². The Balaban J connectivity index is 2.25. The third-order valence-corrected chi connectivity index (χ3v) is 6.14. The summed E-state index contributed by atoms with van der Waals surface area (Å²) in [5, 5.41) is 1.48. The van der Waals surface area contributed by atoms with Gasteiger partial charge in [-0.1, -0.05) is 12.1 Å². The van der Waals surface area contributed by atoms with E-state index in [0.29, 0.717) is 13.2 Å². The largest absolute Gasteiger partial charge is 0.311 e. The molecule has 0 spiro atoms. The number of hydrogen-bond acceptors (Lipinski definition) is 6. The third-order valence-electron chi connectivity index (χ3n) is 3.16. The molecule has 3 rings (SSSR count). The predicted molar refractivity (Wildman–Crippen MR) is 101 cm³/mol. The summed E-state index contributed by atoms with van der Waals surface area (Å²) in [6.07, 6.45) is 0. The Hall–Kier alpha value is -1.05. The zero-order valence-corrected chi connectivity index (χ0v) is 15.3. The molecule has 1 aromatic heterocycles. The van der Waals surface area contributed by atoms with Crippen LogP contribution in [0.3, 0.4) is 0 Å². The highest BCUT2D eigenvalue weighted by Gasteiger charge is 2.13. The quantitative estimate of drug-likeness (QED) is 0.426. The van der Waals surface area contributed by atoms with Gasteiger partial charge in [0.05, 0.1) is 22.8 Å². The predicted octanol–water partition coefficient (Wildman–Crippen LogP) is 5.50. The minimum atomic E-state index is 0.0617. The van der Waals surface area contributed by atoms with Gasteiger partial charge in [0.1, 0.15) is 0 Å². The van der Waals surface area contributed by atoms with Crippen LogP contribution >= 0.6 is 35.4 Å². The van der Waals surface area contributed by atoms with Crippen molar-refractivity contribution in [2.24, 2.45) is 0 Å². The van der Waals surface area contributed by atoms with Crippen molar-refractivity contribution in [2.75, 3.05) is 13.2 Å². The Morgan fingerprint density at radius 3 is 2.52 bits per heavy atom. The van der Waals surface area contributed by atoms with Crippen molar-refractivity contribution in [3.05, 3.63) is 46.6 Å². The molecule has 0 bridgehead atoms. The molecule has 0 unspecified atom stereocenters. The summed E-state index contributed by atoms with van der Waals surface area (Å²) in [4.78, 5) is 14.7. The maximum absolute atomic E-state index is 12.8. The Morgan fingerprint density at radius 1 is 1.00 bits per heavy atom. The fourth-order valence-corrected chi connectivity index (χ4v) is 4.76. The van der Waals surface area contributed by atoms with Crippen molar-refractivity contribution in [1.29, 1.82) is 0 Å². The van der Waals surface area contributed by atoms with Gasteiger partial charge in [-0.05, 0) is 38.1 Å². The number of hydrogen-bond donors (Lipinski definition) is 0. The second-order valence-electron chi connectivity index (χ2n) is 4.71. The van der Waals surface area contributed by atoms with E-state index in [0.717, 1.165) is 30.0 Å². The number of fused-ring (bicyclic) bond motifs is 2. The van der Waals surface area contributed by atoms with Crippen LogP contribution < -0.4 is 5.43 Å². The van der Waals surface area contributed by atoms with Gasteiger partial charge >= 0.3 is 0 Å². The van der Waals surface area contributed by atoms with Crippen LogP contribution in [0.4, 0.5) is 0 Å². The van der Waals surface area contributed by atoms with Crippen molar-refractivity contribution in [1.82, 2.24) is 0 Å². The molecule has 0 atom stereocenters. The van der Waals surface area contributed by atoms with Crippen LogP contribution in [0.15, 0.2) is 51.0 Å². The van der Waals surface area contributed by atoms with Crippen LogP contribution in [0.5, 0.6) is 0 Å². The summed E-state index contributed by atoms with van der Waals surface area (Å²) in [5.41, 5.74) is 0.0617. The maximum Gasteiger partial charge on any atom is 0.195 e. The third kappa shape index (κ3) is 3.56. The zero-order valence-electron chi connectivity index (χ0n) is 12.8. The second-order valence-corrected chi connectivity index (χ2v) is 7.47. The zero-order chi connectivity index (χ0) is 16.2. The molecule has 2 aromatic carbocycles. The smallest absolute Gasteiger partial charge is 0.195 e. The summed E-state index contributed by atoms with van der Waals surface area (Å²) >= 11 is 4.24. The van der Waals surface area contributed by atoms with E-state index < -0.39 is 0 Å². The van der Waals surface area contributed by atoms with Crippen molar-refractivity contribution >= 4 is 55.6 Å². The molecule has 6 heteroatoms. The van der Waals surface area contributed by atoms with Crippen LogP contribution in [0, 0.1) is 0 Å². The Labute approximate surface area is 147 Å². The van der Waals surface area contributed by atoms with Gasteiger partial charge in [0.2, 0.25) is 0 Å². The fourth-order valence-electron chi connectivity index (χ4n) is 2.21. The summed E-state index contributed by atoms with van der Waals surface area (Å²) in [7, 11) is 0. The van der Waals surface area contributed by atoms with Gasteiger partial charge in [0.25, 0.3) is 0 Å². The molecule has 1 heterocycles. The van der Waals surface area contributed by atoms with Crippen LogP contribution in [0.1, 0.15) is 13.8 Å².